The van der Waals surface area contributed by atoms with Crippen molar-refractivity contribution in [1.29, 1.82) is 0 Å². The summed E-state index contributed by atoms with van der Waals surface area (Å²) in [6, 6.07) is 0. The summed E-state index contributed by atoms with van der Waals surface area (Å²) < 4.78 is 0. The molecule has 2 aliphatic carbocycles. The molecule has 2 aliphatic rings. The third-order valence-electron chi connectivity index (χ3n) is 4.86. The van der Waals surface area contributed by atoms with Crippen LogP contribution in [0, 0.1) is 29.6 Å². The number of nitrogens with zero attached hydrogens (tertiary/aromatic N) is 1. The van der Waals surface area contributed by atoms with Crippen molar-refractivity contribution in [3.63, 3.8) is 0 Å². The summed E-state index contributed by atoms with van der Waals surface area (Å²) in [4.78, 5) is 14.8. The average Bonchev–Trinajstić information content (AvgIpc) is 2.95. The van der Waals surface area contributed by atoms with Gasteiger partial charge in [-0.15, -0.1) is 0 Å². The van der Waals surface area contributed by atoms with Crippen LogP contribution in [-0.4, -0.2) is 23.9 Å². The van der Waals surface area contributed by atoms with E-state index >= 15 is 0 Å². The van der Waals surface area contributed by atoms with E-state index in [4.69, 9.17) is 0 Å². The molecule has 0 aliphatic heterocycles. The fraction of sp³-hybridized carbons (Fsp3) is 0.941. The molecule has 2 fully saturated rings. The summed E-state index contributed by atoms with van der Waals surface area (Å²) in [5.74, 6) is 4.02. The molecule has 0 bridgehead atoms. The second-order valence-electron chi connectivity index (χ2n) is 7.61. The van der Waals surface area contributed by atoms with Crippen LogP contribution in [0.4, 0.5) is 0 Å². The van der Waals surface area contributed by atoms with Gasteiger partial charge in [0, 0.05) is 19.0 Å². The number of hydrogen-bond donors (Lipinski definition) is 0. The van der Waals surface area contributed by atoms with E-state index in [9.17, 15) is 4.79 Å². The first-order valence-electron chi connectivity index (χ1n) is 8.26. The van der Waals surface area contributed by atoms with E-state index in [0.717, 1.165) is 37.8 Å². The molecule has 1 amide bonds. The lowest BCUT2D eigenvalue weighted by Crippen LogP contribution is -2.38. The summed E-state index contributed by atoms with van der Waals surface area (Å²) in [7, 11) is 0. The van der Waals surface area contributed by atoms with Gasteiger partial charge < -0.3 is 4.90 Å². The Morgan fingerprint density at radius 2 is 1.42 bits per heavy atom. The molecule has 2 saturated carbocycles. The van der Waals surface area contributed by atoms with Crippen LogP contribution < -0.4 is 0 Å². The van der Waals surface area contributed by atoms with Crippen molar-refractivity contribution in [2.24, 2.45) is 29.6 Å². The molecular weight excluding hydrogens is 234 g/mol. The fourth-order valence-electron chi connectivity index (χ4n) is 3.33. The lowest BCUT2D eigenvalue weighted by Gasteiger charge is -2.27. The van der Waals surface area contributed by atoms with Crippen LogP contribution in [-0.2, 0) is 4.79 Å². The maximum Gasteiger partial charge on any atom is 0.225 e. The molecule has 110 valence electrons. The average molecular weight is 265 g/mol. The molecule has 0 saturated heterocycles. The number of fused-ring (bicyclic) bond motifs is 1. The normalized spacial score (nSPS) is 28.8. The summed E-state index contributed by atoms with van der Waals surface area (Å²) >= 11 is 0. The van der Waals surface area contributed by atoms with Gasteiger partial charge in [0.1, 0.15) is 0 Å². The van der Waals surface area contributed by atoms with Gasteiger partial charge in [-0.1, -0.05) is 27.7 Å². The second kappa shape index (κ2) is 6.28. The van der Waals surface area contributed by atoms with E-state index in [1.54, 1.807) is 0 Å². The molecule has 2 nitrogen and oxygen atoms in total. The Hall–Kier alpha value is -0.530. The molecule has 0 spiro atoms. The van der Waals surface area contributed by atoms with Crippen molar-refractivity contribution in [2.75, 3.05) is 13.1 Å². The van der Waals surface area contributed by atoms with Crippen molar-refractivity contribution in [2.45, 2.75) is 59.8 Å². The van der Waals surface area contributed by atoms with Crippen molar-refractivity contribution in [3.05, 3.63) is 0 Å². The van der Waals surface area contributed by atoms with Crippen LogP contribution in [0.2, 0.25) is 0 Å². The van der Waals surface area contributed by atoms with E-state index in [-0.39, 0.29) is 0 Å². The third kappa shape index (κ3) is 4.22. The first kappa shape index (κ1) is 14.9. The topological polar surface area (TPSA) is 20.3 Å². The smallest absolute Gasteiger partial charge is 0.225 e. The van der Waals surface area contributed by atoms with Gasteiger partial charge >= 0.3 is 0 Å². The van der Waals surface area contributed by atoms with Crippen LogP contribution in [0.25, 0.3) is 0 Å². The van der Waals surface area contributed by atoms with Gasteiger partial charge in [0.2, 0.25) is 5.91 Å². The van der Waals surface area contributed by atoms with Crippen LogP contribution >= 0.6 is 0 Å². The van der Waals surface area contributed by atoms with Crippen molar-refractivity contribution < 1.29 is 4.79 Å². The fourth-order valence-corrected chi connectivity index (χ4v) is 3.33. The molecule has 0 aromatic rings. The van der Waals surface area contributed by atoms with E-state index in [1.807, 2.05) is 0 Å². The van der Waals surface area contributed by atoms with Crippen molar-refractivity contribution in [1.82, 2.24) is 4.90 Å². The van der Waals surface area contributed by atoms with Crippen LogP contribution in [0.3, 0.4) is 0 Å². The summed E-state index contributed by atoms with van der Waals surface area (Å²) in [6.07, 6.45) is 6.06. The molecule has 2 atom stereocenters. The van der Waals surface area contributed by atoms with E-state index in [0.29, 0.717) is 23.7 Å². The third-order valence-corrected chi connectivity index (χ3v) is 4.86. The Bertz CT molecular complexity index is 288. The van der Waals surface area contributed by atoms with Gasteiger partial charge in [-0.3, -0.25) is 4.79 Å². The Kier molecular flexibility index (Phi) is 4.92. The Balaban J connectivity index is 1.84. The van der Waals surface area contributed by atoms with Gasteiger partial charge in [-0.2, -0.15) is 0 Å². The molecule has 2 unspecified atom stereocenters. The first-order chi connectivity index (χ1) is 8.97. The van der Waals surface area contributed by atoms with Crippen LogP contribution in [0.15, 0.2) is 0 Å². The molecule has 0 aromatic carbocycles. The molecule has 2 rings (SSSR count). The highest BCUT2D eigenvalue weighted by molar-refractivity contribution is 5.79. The Morgan fingerprint density at radius 3 is 1.84 bits per heavy atom. The highest BCUT2D eigenvalue weighted by Crippen LogP contribution is 2.54. The maximum atomic E-state index is 12.7. The minimum absolute atomic E-state index is 0.364. The minimum Gasteiger partial charge on any atom is -0.342 e. The summed E-state index contributed by atoms with van der Waals surface area (Å²) in [5.41, 5.74) is 0. The SMILES string of the molecule is CC(C)CCN(CCC(C)C)C(=O)C1CC2CC2C1. The summed E-state index contributed by atoms with van der Waals surface area (Å²) in [5, 5.41) is 0. The Morgan fingerprint density at radius 1 is 0.947 bits per heavy atom. The monoisotopic (exact) mass is 265 g/mol. The highest BCUT2D eigenvalue weighted by atomic mass is 16.2. The Labute approximate surface area is 118 Å². The minimum atomic E-state index is 0.364. The number of carbonyl (C=O) groups excluding carboxylic acids is 1. The largest absolute Gasteiger partial charge is 0.342 e. The molecule has 0 heterocycles. The molecule has 2 heteroatoms. The highest BCUT2D eigenvalue weighted by Gasteiger charge is 2.48. The molecule has 0 N–H and O–H groups in total. The predicted octanol–water partition coefficient (Wildman–Crippen LogP) is 3.95. The number of rotatable bonds is 7. The lowest BCUT2D eigenvalue weighted by molar-refractivity contribution is -0.136. The summed E-state index contributed by atoms with van der Waals surface area (Å²) in [6.45, 7) is 10.9. The van der Waals surface area contributed by atoms with E-state index < -0.39 is 0 Å². The van der Waals surface area contributed by atoms with Gasteiger partial charge in [0.05, 0.1) is 0 Å². The molecule has 19 heavy (non-hydrogen) atoms. The zero-order valence-electron chi connectivity index (χ0n) is 13.2. The van der Waals surface area contributed by atoms with Gasteiger partial charge in [0.25, 0.3) is 0 Å². The standard InChI is InChI=1S/C17H31NO/c1-12(2)5-7-18(8-6-13(3)4)17(19)16-10-14-9-15(14)11-16/h12-16H,5-11H2,1-4H3. The quantitative estimate of drug-likeness (QED) is 0.682. The first-order valence-corrected chi connectivity index (χ1v) is 8.26. The van der Waals surface area contributed by atoms with E-state index in [1.165, 1.54) is 19.3 Å². The lowest BCUT2D eigenvalue weighted by atomic mass is 10.0. The second-order valence-corrected chi connectivity index (χ2v) is 7.61. The van der Waals surface area contributed by atoms with E-state index in [2.05, 4.69) is 32.6 Å². The predicted molar refractivity (Wildman–Crippen MR) is 79.8 cm³/mol. The van der Waals surface area contributed by atoms with Gasteiger partial charge in [0.15, 0.2) is 0 Å². The zero-order valence-corrected chi connectivity index (χ0v) is 13.2. The zero-order chi connectivity index (χ0) is 14.0. The van der Waals surface area contributed by atoms with Crippen LogP contribution in [0.1, 0.15) is 59.8 Å². The number of amides is 1. The maximum absolute atomic E-state index is 12.7. The van der Waals surface area contributed by atoms with Crippen LogP contribution in [0.5, 0.6) is 0 Å². The molecule has 0 radical (unpaired) electrons. The van der Waals surface area contributed by atoms with Crippen molar-refractivity contribution in [3.8, 4) is 0 Å². The van der Waals surface area contributed by atoms with Crippen molar-refractivity contribution >= 4 is 5.91 Å². The number of hydrogen-bond acceptors (Lipinski definition) is 1. The molecule has 0 aromatic heterocycles. The number of carbonyl (C=O) groups is 1. The molecular formula is C17H31NO. The van der Waals surface area contributed by atoms with Gasteiger partial charge in [-0.25, -0.2) is 0 Å². The van der Waals surface area contributed by atoms with Gasteiger partial charge in [-0.05, 0) is 55.8 Å².